The second kappa shape index (κ2) is 3.10. The normalized spacial score (nSPS) is 14.9. The largest absolute Gasteiger partial charge is 0.399 e. The van der Waals surface area contributed by atoms with Crippen molar-refractivity contribution in [1.29, 1.82) is 0 Å². The predicted octanol–water partition coefficient (Wildman–Crippen LogP) is 1.96. The highest BCUT2D eigenvalue weighted by atomic mass is 15.1. The molecule has 1 aliphatic rings. The fourth-order valence-electron chi connectivity index (χ4n) is 2.20. The molecule has 1 aliphatic carbocycles. The van der Waals surface area contributed by atoms with E-state index in [2.05, 4.69) is 11.2 Å². The number of nitrogens with two attached hydrogens (primary N) is 2. The van der Waals surface area contributed by atoms with Crippen molar-refractivity contribution in [2.45, 2.75) is 0 Å². The number of benzene rings is 2. The van der Waals surface area contributed by atoms with Gasteiger partial charge in [0.05, 0.1) is 5.71 Å². The molecule has 0 heterocycles. The van der Waals surface area contributed by atoms with Crippen LogP contribution in [0.2, 0.25) is 0 Å². The number of nitrogen functional groups attached to an aromatic ring is 1. The van der Waals surface area contributed by atoms with E-state index in [1.807, 2.05) is 36.4 Å². The summed E-state index contributed by atoms with van der Waals surface area (Å²) in [7, 11) is 0. The Morgan fingerprint density at radius 1 is 0.812 bits per heavy atom. The third-order valence-electron chi connectivity index (χ3n) is 2.90. The maximum absolute atomic E-state index is 5.80. The number of rotatable bonds is 0. The molecule has 2 aromatic carbocycles. The lowest BCUT2D eigenvalue weighted by Gasteiger charge is -2.00. The van der Waals surface area contributed by atoms with E-state index in [1.54, 1.807) is 0 Å². The number of hydrogen-bond donors (Lipinski definition) is 2. The van der Waals surface area contributed by atoms with Crippen molar-refractivity contribution in [3.63, 3.8) is 0 Å². The monoisotopic (exact) mass is 209 g/mol. The molecule has 0 radical (unpaired) electrons. The van der Waals surface area contributed by atoms with E-state index in [1.165, 1.54) is 0 Å². The van der Waals surface area contributed by atoms with Crippen LogP contribution in [-0.4, -0.2) is 5.71 Å². The minimum atomic E-state index is 0.756. The average Bonchev–Trinajstić information content (AvgIpc) is 2.62. The summed E-state index contributed by atoms with van der Waals surface area (Å²) in [5.41, 5.74) is 11.8. The predicted molar refractivity (Wildman–Crippen MR) is 66.1 cm³/mol. The van der Waals surface area contributed by atoms with Gasteiger partial charge in [0.25, 0.3) is 0 Å². The molecule has 0 saturated carbocycles. The van der Waals surface area contributed by atoms with Gasteiger partial charge in [-0.15, -0.1) is 0 Å². The zero-order chi connectivity index (χ0) is 11.1. The lowest BCUT2D eigenvalue weighted by atomic mass is 10.1. The van der Waals surface area contributed by atoms with Crippen LogP contribution in [0.1, 0.15) is 11.1 Å². The van der Waals surface area contributed by atoms with E-state index in [0.717, 1.165) is 33.7 Å². The van der Waals surface area contributed by atoms with Crippen molar-refractivity contribution in [3.8, 4) is 11.1 Å². The van der Waals surface area contributed by atoms with Crippen LogP contribution in [0.4, 0.5) is 5.69 Å². The summed E-state index contributed by atoms with van der Waals surface area (Å²) in [6, 6.07) is 13.9. The Morgan fingerprint density at radius 2 is 1.50 bits per heavy atom. The smallest absolute Gasteiger partial charge is 0.0983 e. The summed E-state index contributed by atoms with van der Waals surface area (Å²) in [6.45, 7) is 0. The molecule has 3 heteroatoms. The molecule has 16 heavy (non-hydrogen) atoms. The van der Waals surface area contributed by atoms with Crippen LogP contribution in [0, 0.1) is 0 Å². The Labute approximate surface area is 93.4 Å². The van der Waals surface area contributed by atoms with Crippen molar-refractivity contribution in [3.05, 3.63) is 53.6 Å². The first-order valence-corrected chi connectivity index (χ1v) is 5.09. The summed E-state index contributed by atoms with van der Waals surface area (Å²) in [5, 5.41) is 3.88. The summed E-state index contributed by atoms with van der Waals surface area (Å²) >= 11 is 0. The van der Waals surface area contributed by atoms with Crippen molar-refractivity contribution < 1.29 is 0 Å². The fourth-order valence-corrected chi connectivity index (χ4v) is 2.20. The van der Waals surface area contributed by atoms with Crippen molar-refractivity contribution in [1.82, 2.24) is 0 Å². The van der Waals surface area contributed by atoms with E-state index < -0.39 is 0 Å². The molecule has 0 aromatic heterocycles. The van der Waals surface area contributed by atoms with Crippen molar-refractivity contribution >= 4 is 11.4 Å². The summed E-state index contributed by atoms with van der Waals surface area (Å²) in [4.78, 5) is 0. The van der Waals surface area contributed by atoms with Crippen molar-refractivity contribution in [2.24, 2.45) is 10.9 Å². The van der Waals surface area contributed by atoms with E-state index in [0.29, 0.717) is 0 Å². The molecule has 0 aliphatic heterocycles. The van der Waals surface area contributed by atoms with Crippen molar-refractivity contribution in [2.75, 3.05) is 5.73 Å². The maximum atomic E-state index is 5.80. The zero-order valence-electron chi connectivity index (χ0n) is 8.64. The number of fused-ring (bicyclic) bond motifs is 3. The van der Waals surface area contributed by atoms with E-state index in [9.17, 15) is 0 Å². The lowest BCUT2D eigenvalue weighted by molar-refractivity contribution is 1.25. The van der Waals surface area contributed by atoms with Gasteiger partial charge in [-0.05, 0) is 23.3 Å². The number of anilines is 1. The number of hydrazone groups is 1. The first-order valence-electron chi connectivity index (χ1n) is 5.09. The fraction of sp³-hybridized carbons (Fsp3) is 0. The van der Waals surface area contributed by atoms with Crippen LogP contribution < -0.4 is 11.6 Å². The highest BCUT2D eigenvalue weighted by molar-refractivity contribution is 6.24. The van der Waals surface area contributed by atoms with Crippen LogP contribution in [0.5, 0.6) is 0 Å². The molecule has 0 unspecified atom stereocenters. The second-order valence-corrected chi connectivity index (χ2v) is 3.83. The second-order valence-electron chi connectivity index (χ2n) is 3.83. The summed E-state index contributed by atoms with van der Waals surface area (Å²) in [6.07, 6.45) is 0. The van der Waals surface area contributed by atoms with Gasteiger partial charge in [-0.1, -0.05) is 30.3 Å². The Balaban J connectivity index is 2.40. The third kappa shape index (κ3) is 1.05. The average molecular weight is 209 g/mol. The lowest BCUT2D eigenvalue weighted by Crippen LogP contribution is -2.01. The molecule has 0 amide bonds. The highest BCUT2D eigenvalue weighted by Gasteiger charge is 2.24. The molecule has 0 fully saturated rings. The molecule has 78 valence electrons. The highest BCUT2D eigenvalue weighted by Crippen LogP contribution is 2.37. The molecule has 0 spiro atoms. The van der Waals surface area contributed by atoms with Gasteiger partial charge >= 0.3 is 0 Å². The Bertz CT molecular complexity index is 600. The summed E-state index contributed by atoms with van der Waals surface area (Å²) < 4.78 is 0. The van der Waals surface area contributed by atoms with Gasteiger partial charge in [-0.3, -0.25) is 0 Å². The van der Waals surface area contributed by atoms with Crippen LogP contribution in [-0.2, 0) is 0 Å². The van der Waals surface area contributed by atoms with E-state index in [-0.39, 0.29) is 0 Å². The quantitative estimate of drug-likeness (QED) is 0.337. The zero-order valence-corrected chi connectivity index (χ0v) is 8.64. The van der Waals surface area contributed by atoms with Gasteiger partial charge in [0, 0.05) is 16.8 Å². The van der Waals surface area contributed by atoms with Gasteiger partial charge in [-0.2, -0.15) is 5.10 Å². The Kier molecular flexibility index (Phi) is 1.74. The molecule has 2 aromatic rings. The standard InChI is InChI=1S/C13H11N3/c14-8-5-6-11-12(7-8)9-3-1-2-4-10(9)13(11)16-15/h1-7H,14-15H2/b16-13+. The van der Waals surface area contributed by atoms with E-state index in [4.69, 9.17) is 11.6 Å². The first-order chi connectivity index (χ1) is 7.81. The molecular formula is C13H11N3. The molecular weight excluding hydrogens is 198 g/mol. The first kappa shape index (κ1) is 8.97. The topological polar surface area (TPSA) is 64.4 Å². The molecule has 3 nitrogen and oxygen atoms in total. The number of hydrogen-bond acceptors (Lipinski definition) is 3. The van der Waals surface area contributed by atoms with Gasteiger partial charge in [0.2, 0.25) is 0 Å². The SMILES string of the molecule is N/N=C1\c2ccccc2-c2cc(N)ccc21. The van der Waals surface area contributed by atoms with Crippen LogP contribution in [0.25, 0.3) is 11.1 Å². The maximum Gasteiger partial charge on any atom is 0.0983 e. The Hall–Kier alpha value is -2.29. The number of nitrogens with zero attached hydrogens (tertiary/aromatic N) is 1. The third-order valence-corrected chi connectivity index (χ3v) is 2.90. The van der Waals surface area contributed by atoms with E-state index >= 15 is 0 Å². The minimum absolute atomic E-state index is 0.756. The van der Waals surface area contributed by atoms with Crippen LogP contribution in [0.3, 0.4) is 0 Å². The van der Waals surface area contributed by atoms with Gasteiger partial charge < -0.3 is 11.6 Å². The van der Waals surface area contributed by atoms with Gasteiger partial charge in [0.1, 0.15) is 0 Å². The van der Waals surface area contributed by atoms with Gasteiger partial charge in [-0.25, -0.2) is 0 Å². The Morgan fingerprint density at radius 3 is 2.25 bits per heavy atom. The summed E-state index contributed by atoms with van der Waals surface area (Å²) in [5.74, 6) is 5.46. The molecule has 0 bridgehead atoms. The van der Waals surface area contributed by atoms with Crippen LogP contribution in [0.15, 0.2) is 47.6 Å². The molecule has 0 atom stereocenters. The molecule has 0 saturated heterocycles. The molecule has 3 rings (SSSR count). The minimum Gasteiger partial charge on any atom is -0.399 e. The molecule has 4 N–H and O–H groups in total. The van der Waals surface area contributed by atoms with Crippen LogP contribution >= 0.6 is 0 Å². The van der Waals surface area contributed by atoms with Gasteiger partial charge in [0.15, 0.2) is 0 Å².